The maximum absolute atomic E-state index is 13.4. The topological polar surface area (TPSA) is 109 Å². The van der Waals surface area contributed by atoms with Crippen molar-refractivity contribution in [2.75, 3.05) is 18.9 Å². The highest BCUT2D eigenvalue weighted by atomic mass is 35.5. The Bertz CT molecular complexity index is 1550. The van der Waals surface area contributed by atoms with E-state index < -0.39 is 10.0 Å². The van der Waals surface area contributed by atoms with Crippen molar-refractivity contribution >= 4 is 27.4 Å². The van der Waals surface area contributed by atoms with Crippen LogP contribution in [0.15, 0.2) is 77.7 Å². The number of aromatic nitrogens is 2. The van der Waals surface area contributed by atoms with Gasteiger partial charge in [0.15, 0.2) is 22.5 Å². The van der Waals surface area contributed by atoms with Crippen molar-refractivity contribution in [2.24, 2.45) is 0 Å². The average Bonchev–Trinajstić information content (AvgIpc) is 2.90. The predicted molar refractivity (Wildman–Crippen MR) is 149 cm³/mol. The molecule has 0 saturated carbocycles. The third kappa shape index (κ3) is 6.71. The summed E-state index contributed by atoms with van der Waals surface area (Å²) in [5.41, 5.74) is 0.848. The van der Waals surface area contributed by atoms with Gasteiger partial charge in [-0.1, -0.05) is 56.6 Å². The maximum Gasteiger partial charge on any atom is 0.325 e. The van der Waals surface area contributed by atoms with Crippen LogP contribution in [-0.4, -0.2) is 32.6 Å². The molecule has 39 heavy (non-hydrogen) atoms. The lowest BCUT2D eigenvalue weighted by atomic mass is 9.87. The van der Waals surface area contributed by atoms with Gasteiger partial charge in [-0.2, -0.15) is 9.97 Å². The van der Waals surface area contributed by atoms with E-state index in [-0.39, 0.29) is 38.8 Å². The molecule has 0 atom stereocenters. The van der Waals surface area contributed by atoms with Gasteiger partial charge in [0.1, 0.15) is 11.5 Å². The van der Waals surface area contributed by atoms with E-state index in [9.17, 15) is 8.42 Å². The second kappa shape index (κ2) is 11.4. The first kappa shape index (κ1) is 28.0. The SMILES string of the molecule is COc1ccc(Oc2nc(Cl)c(Oc3ccccc3OC)c(NS(=O)(=O)c3ccc(C(C)(C)C)cc3)n2)cc1. The Morgan fingerprint density at radius 3 is 1.97 bits per heavy atom. The number of anilines is 1. The number of methoxy groups -OCH3 is 2. The highest BCUT2D eigenvalue weighted by Gasteiger charge is 2.24. The van der Waals surface area contributed by atoms with Crippen LogP contribution in [0.1, 0.15) is 26.3 Å². The summed E-state index contributed by atoms with van der Waals surface area (Å²) in [4.78, 5) is 8.48. The zero-order valence-corrected chi connectivity index (χ0v) is 23.6. The molecular weight excluding hydrogens is 542 g/mol. The van der Waals surface area contributed by atoms with Gasteiger partial charge in [0.2, 0.25) is 5.75 Å². The summed E-state index contributed by atoms with van der Waals surface area (Å²) in [5, 5.41) is -0.180. The number of nitrogens with one attached hydrogen (secondary N) is 1. The molecule has 4 rings (SSSR count). The van der Waals surface area contributed by atoms with Crippen molar-refractivity contribution in [1.29, 1.82) is 0 Å². The fourth-order valence-electron chi connectivity index (χ4n) is 3.49. The van der Waals surface area contributed by atoms with Crippen LogP contribution in [0.4, 0.5) is 5.82 Å². The number of hydrogen-bond acceptors (Lipinski definition) is 8. The van der Waals surface area contributed by atoms with Gasteiger partial charge in [-0.05, 0) is 59.5 Å². The van der Waals surface area contributed by atoms with Gasteiger partial charge >= 0.3 is 6.01 Å². The number of hydrogen-bond donors (Lipinski definition) is 1. The van der Waals surface area contributed by atoms with Gasteiger partial charge in [0.05, 0.1) is 19.1 Å². The predicted octanol–water partition coefficient (Wildman–Crippen LogP) is 6.83. The summed E-state index contributed by atoms with van der Waals surface area (Å²) in [6, 6.07) is 19.9. The van der Waals surface area contributed by atoms with Crippen LogP contribution >= 0.6 is 11.6 Å². The van der Waals surface area contributed by atoms with E-state index in [1.165, 1.54) is 19.2 Å². The highest BCUT2D eigenvalue weighted by molar-refractivity contribution is 7.92. The largest absolute Gasteiger partial charge is 0.497 e. The standard InChI is InChI=1S/C28H28ClN3O6S/c1-28(2,3)18-10-16-21(17-11-18)39(33,34)32-26-24(38-23-9-7-6-8-22(23)36-5)25(29)30-27(31-26)37-20-14-12-19(35-4)13-15-20/h6-17H,1-5H3,(H,30,31,32). The molecule has 0 fully saturated rings. The summed E-state index contributed by atoms with van der Waals surface area (Å²) in [5.74, 6) is 1.36. The van der Waals surface area contributed by atoms with Gasteiger partial charge in [0, 0.05) is 0 Å². The summed E-state index contributed by atoms with van der Waals surface area (Å²) >= 11 is 6.49. The van der Waals surface area contributed by atoms with E-state index in [0.717, 1.165) is 5.56 Å². The van der Waals surface area contributed by atoms with Crippen molar-refractivity contribution in [3.05, 3.63) is 83.5 Å². The van der Waals surface area contributed by atoms with Crippen molar-refractivity contribution < 1.29 is 27.4 Å². The molecule has 0 radical (unpaired) electrons. The smallest absolute Gasteiger partial charge is 0.325 e. The molecule has 9 nitrogen and oxygen atoms in total. The van der Waals surface area contributed by atoms with Gasteiger partial charge in [-0.3, -0.25) is 4.72 Å². The molecule has 0 bridgehead atoms. The van der Waals surface area contributed by atoms with Crippen LogP contribution in [-0.2, 0) is 15.4 Å². The number of nitrogens with zero attached hydrogens (tertiary/aromatic N) is 2. The first-order valence-electron chi connectivity index (χ1n) is 11.8. The van der Waals surface area contributed by atoms with Gasteiger partial charge < -0.3 is 18.9 Å². The fraction of sp³-hybridized carbons (Fsp3) is 0.214. The van der Waals surface area contributed by atoms with Crippen LogP contribution in [0.5, 0.6) is 34.8 Å². The second-order valence-electron chi connectivity index (χ2n) is 9.39. The minimum atomic E-state index is -4.10. The molecule has 204 valence electrons. The molecule has 3 aromatic carbocycles. The molecule has 11 heteroatoms. The average molecular weight is 570 g/mol. The molecule has 0 aliphatic heterocycles. The summed E-state index contributed by atoms with van der Waals surface area (Å²) in [6.07, 6.45) is 0. The first-order valence-corrected chi connectivity index (χ1v) is 13.7. The quantitative estimate of drug-likeness (QED) is 0.218. The van der Waals surface area contributed by atoms with Crippen molar-refractivity contribution in [3.63, 3.8) is 0 Å². The summed E-state index contributed by atoms with van der Waals surface area (Å²) in [6.45, 7) is 6.14. The zero-order valence-electron chi connectivity index (χ0n) is 22.1. The molecule has 0 spiro atoms. The van der Waals surface area contributed by atoms with E-state index in [2.05, 4.69) is 14.7 Å². The number of rotatable bonds is 9. The number of para-hydroxylation sites is 2. The number of sulfonamides is 1. The Morgan fingerprint density at radius 2 is 1.38 bits per heavy atom. The number of benzene rings is 3. The normalized spacial score (nSPS) is 11.5. The van der Waals surface area contributed by atoms with Crippen LogP contribution in [0.3, 0.4) is 0 Å². The van der Waals surface area contributed by atoms with E-state index in [0.29, 0.717) is 17.2 Å². The molecule has 0 unspecified atom stereocenters. The van der Waals surface area contributed by atoms with Gasteiger partial charge in [-0.15, -0.1) is 0 Å². The van der Waals surface area contributed by atoms with Crippen LogP contribution in [0.25, 0.3) is 0 Å². The molecule has 0 aliphatic rings. The molecule has 0 saturated heterocycles. The maximum atomic E-state index is 13.4. The zero-order chi connectivity index (χ0) is 28.2. The number of halogens is 1. The van der Waals surface area contributed by atoms with Gasteiger partial charge in [0.25, 0.3) is 10.0 Å². The van der Waals surface area contributed by atoms with Crippen molar-refractivity contribution in [1.82, 2.24) is 9.97 Å². The Hall–Kier alpha value is -4.02. The lowest BCUT2D eigenvalue weighted by molar-refractivity contribution is 0.377. The van der Waals surface area contributed by atoms with Crippen LogP contribution < -0.4 is 23.7 Å². The van der Waals surface area contributed by atoms with Crippen LogP contribution in [0, 0.1) is 0 Å². The molecule has 0 amide bonds. The minimum absolute atomic E-state index is 0.0334. The fourth-order valence-corrected chi connectivity index (χ4v) is 4.70. The highest BCUT2D eigenvalue weighted by Crippen LogP contribution is 2.40. The lowest BCUT2D eigenvalue weighted by Crippen LogP contribution is -2.16. The Labute approximate surface area is 232 Å². The number of ether oxygens (including phenoxy) is 4. The molecule has 1 heterocycles. The second-order valence-corrected chi connectivity index (χ2v) is 11.4. The van der Waals surface area contributed by atoms with E-state index >= 15 is 0 Å². The van der Waals surface area contributed by atoms with Crippen molar-refractivity contribution in [3.8, 4) is 34.8 Å². The molecule has 4 aromatic rings. The Morgan fingerprint density at radius 1 is 0.769 bits per heavy atom. The summed E-state index contributed by atoms with van der Waals surface area (Å²) in [7, 11) is -1.07. The molecule has 1 aromatic heterocycles. The first-order chi connectivity index (χ1) is 18.5. The third-order valence-electron chi connectivity index (χ3n) is 5.62. The molecular formula is C28H28ClN3O6S. The minimum Gasteiger partial charge on any atom is -0.497 e. The van der Waals surface area contributed by atoms with E-state index in [1.54, 1.807) is 67.8 Å². The Balaban J connectivity index is 1.74. The lowest BCUT2D eigenvalue weighted by Gasteiger charge is -2.19. The summed E-state index contributed by atoms with van der Waals surface area (Å²) < 4.78 is 51.5. The van der Waals surface area contributed by atoms with E-state index in [1.807, 2.05) is 20.8 Å². The van der Waals surface area contributed by atoms with Crippen LogP contribution in [0.2, 0.25) is 5.15 Å². The third-order valence-corrected chi connectivity index (χ3v) is 7.23. The Kier molecular flexibility index (Phi) is 8.17. The molecule has 1 N–H and O–H groups in total. The van der Waals surface area contributed by atoms with Crippen molar-refractivity contribution in [2.45, 2.75) is 31.1 Å². The van der Waals surface area contributed by atoms with E-state index in [4.69, 9.17) is 30.5 Å². The monoisotopic (exact) mass is 569 g/mol. The molecule has 0 aliphatic carbocycles. The van der Waals surface area contributed by atoms with Gasteiger partial charge in [-0.25, -0.2) is 8.42 Å².